The van der Waals surface area contributed by atoms with Crippen LogP contribution < -0.4 is 0 Å². The molecule has 0 radical (unpaired) electrons. The molecule has 1 aromatic carbocycles. The van der Waals surface area contributed by atoms with Crippen molar-refractivity contribution in [3.8, 4) is 0 Å². The zero-order valence-electron chi connectivity index (χ0n) is 11.3. The minimum Gasteiger partial charge on any atom is -0.392 e. The van der Waals surface area contributed by atoms with Gasteiger partial charge in [-0.2, -0.15) is 0 Å². The normalized spacial score (nSPS) is 51.5. The molecule has 3 nitrogen and oxygen atoms in total. The second-order valence-corrected chi connectivity index (χ2v) is 7.01. The van der Waals surface area contributed by atoms with Gasteiger partial charge in [-0.1, -0.05) is 37.3 Å². The van der Waals surface area contributed by atoms with Crippen LogP contribution in [-0.4, -0.2) is 47.0 Å². The van der Waals surface area contributed by atoms with Gasteiger partial charge in [-0.15, -0.1) is 0 Å². The number of piperidine rings is 3. The third-order valence-corrected chi connectivity index (χ3v) is 5.81. The van der Waals surface area contributed by atoms with E-state index >= 15 is 0 Å². The van der Waals surface area contributed by atoms with E-state index in [2.05, 4.69) is 36.1 Å². The van der Waals surface area contributed by atoms with E-state index in [0.717, 1.165) is 26.1 Å². The van der Waals surface area contributed by atoms with Crippen molar-refractivity contribution >= 4 is 0 Å². The Morgan fingerprint density at radius 2 is 1.89 bits per heavy atom. The average molecular weight is 259 g/mol. The molecule has 4 fully saturated rings. The molecule has 3 heteroatoms. The summed E-state index contributed by atoms with van der Waals surface area (Å²) in [6.07, 6.45) is 0.0897. The zero-order chi connectivity index (χ0) is 13.3. The van der Waals surface area contributed by atoms with Gasteiger partial charge in [0.1, 0.15) is 0 Å². The number of aliphatic hydroxyl groups excluding tert-OH is 2. The van der Waals surface area contributed by atoms with Crippen LogP contribution in [0.15, 0.2) is 30.3 Å². The van der Waals surface area contributed by atoms with Gasteiger partial charge in [0, 0.05) is 30.5 Å². The van der Waals surface area contributed by atoms with Gasteiger partial charge in [-0.05, 0) is 17.9 Å². The van der Waals surface area contributed by atoms with Crippen LogP contribution in [0.25, 0.3) is 0 Å². The van der Waals surface area contributed by atoms with Crippen molar-refractivity contribution in [1.82, 2.24) is 4.90 Å². The molecule has 3 heterocycles. The highest BCUT2D eigenvalue weighted by atomic mass is 16.3. The van der Waals surface area contributed by atoms with Crippen molar-refractivity contribution < 1.29 is 10.2 Å². The lowest BCUT2D eigenvalue weighted by Gasteiger charge is -2.67. The van der Waals surface area contributed by atoms with Crippen molar-refractivity contribution in [3.63, 3.8) is 0 Å². The van der Waals surface area contributed by atoms with E-state index in [1.54, 1.807) is 0 Å². The van der Waals surface area contributed by atoms with Crippen molar-refractivity contribution in [2.45, 2.75) is 31.0 Å². The molecule has 5 rings (SSSR count). The Kier molecular flexibility index (Phi) is 2.25. The number of nitrogens with zero attached hydrogens (tertiary/aromatic N) is 1. The van der Waals surface area contributed by atoms with Gasteiger partial charge >= 0.3 is 0 Å². The maximum atomic E-state index is 11.0. The first-order valence-corrected chi connectivity index (χ1v) is 7.20. The van der Waals surface area contributed by atoms with Gasteiger partial charge in [0.25, 0.3) is 0 Å². The standard InChI is InChI=1S/C16H21NO2/c1-15-9-17-8-11(13(15)18)7-16(10-17,14(15)19)12-5-3-2-4-6-12/h2-6,11,13-14,18-19H,7-10H2,1H3. The zero-order valence-corrected chi connectivity index (χ0v) is 11.3. The molecular weight excluding hydrogens is 238 g/mol. The summed E-state index contributed by atoms with van der Waals surface area (Å²) in [5.41, 5.74) is 0.668. The lowest BCUT2D eigenvalue weighted by atomic mass is 9.49. The van der Waals surface area contributed by atoms with Gasteiger partial charge in [0.15, 0.2) is 0 Å². The summed E-state index contributed by atoms with van der Waals surface area (Å²) < 4.78 is 0. The Morgan fingerprint density at radius 1 is 1.16 bits per heavy atom. The van der Waals surface area contributed by atoms with Crippen molar-refractivity contribution in [3.05, 3.63) is 35.9 Å². The van der Waals surface area contributed by atoms with E-state index in [1.165, 1.54) is 5.56 Å². The molecule has 102 valence electrons. The number of benzene rings is 1. The Hall–Kier alpha value is -0.900. The monoisotopic (exact) mass is 259 g/mol. The smallest absolute Gasteiger partial charge is 0.0739 e. The highest BCUT2D eigenvalue weighted by molar-refractivity contribution is 5.34. The van der Waals surface area contributed by atoms with E-state index in [0.29, 0.717) is 5.92 Å². The number of aliphatic hydroxyl groups is 2. The van der Waals surface area contributed by atoms with E-state index in [1.807, 2.05) is 6.07 Å². The van der Waals surface area contributed by atoms with Gasteiger partial charge in [0.05, 0.1) is 12.2 Å². The molecular formula is C16H21NO2. The van der Waals surface area contributed by atoms with Crippen LogP contribution in [0.3, 0.4) is 0 Å². The minimum absolute atomic E-state index is 0.184. The van der Waals surface area contributed by atoms with Crippen molar-refractivity contribution in [2.75, 3.05) is 19.6 Å². The third-order valence-electron chi connectivity index (χ3n) is 5.81. The maximum absolute atomic E-state index is 11.0. The molecule has 3 saturated heterocycles. The molecule has 6 unspecified atom stereocenters. The Bertz CT molecular complexity index is 505. The summed E-state index contributed by atoms with van der Waals surface area (Å²) in [4.78, 5) is 2.43. The quantitative estimate of drug-likeness (QED) is 0.791. The van der Waals surface area contributed by atoms with E-state index in [-0.39, 0.29) is 16.9 Å². The van der Waals surface area contributed by atoms with Crippen LogP contribution in [0.1, 0.15) is 18.9 Å². The van der Waals surface area contributed by atoms with E-state index in [9.17, 15) is 10.2 Å². The summed E-state index contributed by atoms with van der Waals surface area (Å²) in [6, 6.07) is 10.4. The number of hydrogen-bond donors (Lipinski definition) is 2. The van der Waals surface area contributed by atoms with Crippen LogP contribution in [-0.2, 0) is 5.41 Å². The molecule has 6 atom stereocenters. The fraction of sp³-hybridized carbons (Fsp3) is 0.625. The highest BCUT2D eigenvalue weighted by Gasteiger charge is 2.65. The molecule has 19 heavy (non-hydrogen) atoms. The van der Waals surface area contributed by atoms with Crippen LogP contribution in [0.2, 0.25) is 0 Å². The van der Waals surface area contributed by atoms with Gasteiger partial charge in [0.2, 0.25) is 0 Å². The third kappa shape index (κ3) is 1.33. The van der Waals surface area contributed by atoms with Gasteiger partial charge < -0.3 is 15.1 Å². The number of rotatable bonds is 1. The predicted molar refractivity (Wildman–Crippen MR) is 72.8 cm³/mol. The van der Waals surface area contributed by atoms with E-state index < -0.39 is 6.10 Å². The van der Waals surface area contributed by atoms with Crippen LogP contribution >= 0.6 is 0 Å². The summed E-state index contributed by atoms with van der Waals surface area (Å²) in [7, 11) is 0. The molecule has 3 aliphatic heterocycles. The largest absolute Gasteiger partial charge is 0.392 e. The Labute approximate surface area is 113 Å². The predicted octanol–water partition coefficient (Wildman–Crippen LogP) is 1.00. The second-order valence-electron chi connectivity index (χ2n) is 7.01. The summed E-state index contributed by atoms with van der Waals surface area (Å²) in [6.45, 7) is 4.78. The second kappa shape index (κ2) is 3.60. The number of hydrogen-bond acceptors (Lipinski definition) is 3. The SMILES string of the molecule is CC12CN3CC(CC(c4ccccc4)(C3)C1O)C2O. The molecule has 4 aliphatic rings. The molecule has 1 aliphatic carbocycles. The highest BCUT2D eigenvalue weighted by Crippen LogP contribution is 2.57. The van der Waals surface area contributed by atoms with Gasteiger partial charge in [-0.3, -0.25) is 0 Å². The molecule has 0 amide bonds. The molecule has 0 spiro atoms. The molecule has 1 aromatic rings. The topological polar surface area (TPSA) is 43.7 Å². The summed E-state index contributed by atoms with van der Waals surface area (Å²) in [5.74, 6) is 0.302. The van der Waals surface area contributed by atoms with Crippen LogP contribution in [0.4, 0.5) is 0 Å². The van der Waals surface area contributed by atoms with Gasteiger partial charge in [-0.25, -0.2) is 0 Å². The van der Waals surface area contributed by atoms with E-state index in [4.69, 9.17) is 0 Å². The Balaban J connectivity index is 1.86. The van der Waals surface area contributed by atoms with Crippen LogP contribution in [0, 0.1) is 11.3 Å². The van der Waals surface area contributed by atoms with Crippen molar-refractivity contribution in [2.24, 2.45) is 11.3 Å². The minimum atomic E-state index is -0.454. The first-order chi connectivity index (χ1) is 9.06. The lowest BCUT2D eigenvalue weighted by molar-refractivity contribution is -0.234. The van der Waals surface area contributed by atoms with Crippen LogP contribution in [0.5, 0.6) is 0 Å². The fourth-order valence-electron chi connectivity index (χ4n) is 5.05. The molecule has 0 aromatic heterocycles. The summed E-state index contributed by atoms with van der Waals surface area (Å²) >= 11 is 0. The molecule has 4 bridgehead atoms. The average Bonchev–Trinajstić information content (AvgIpc) is 2.43. The van der Waals surface area contributed by atoms with Crippen molar-refractivity contribution in [1.29, 1.82) is 0 Å². The fourth-order valence-corrected chi connectivity index (χ4v) is 5.05. The first-order valence-electron chi connectivity index (χ1n) is 7.20. The first kappa shape index (κ1) is 11.9. The molecule has 1 saturated carbocycles. The molecule has 2 N–H and O–H groups in total. The lowest BCUT2D eigenvalue weighted by Crippen LogP contribution is -2.76. The Morgan fingerprint density at radius 3 is 2.63 bits per heavy atom. The summed E-state index contributed by atoms with van der Waals surface area (Å²) in [5, 5.41) is 21.5. The maximum Gasteiger partial charge on any atom is 0.0739 e.